The molecule has 0 aliphatic rings. The van der Waals surface area contributed by atoms with Gasteiger partial charge in [-0.05, 0) is 29.7 Å². The van der Waals surface area contributed by atoms with Crippen molar-refractivity contribution in [2.75, 3.05) is 13.2 Å². The molecule has 1 rings (SSSR count). The molecule has 0 aliphatic carbocycles. The van der Waals surface area contributed by atoms with Gasteiger partial charge in [0, 0.05) is 12.6 Å². The van der Waals surface area contributed by atoms with Crippen LogP contribution in [-0.4, -0.2) is 25.0 Å². The molecule has 108 valence electrons. The van der Waals surface area contributed by atoms with Gasteiger partial charge in [-0.2, -0.15) is 0 Å². The van der Waals surface area contributed by atoms with Gasteiger partial charge >= 0.3 is 5.97 Å². The van der Waals surface area contributed by atoms with Crippen LogP contribution in [0.25, 0.3) is 6.08 Å². The first-order chi connectivity index (χ1) is 9.47. The number of ether oxygens (including phenoxy) is 1. The second-order valence-electron chi connectivity index (χ2n) is 4.69. The lowest BCUT2D eigenvalue weighted by Crippen LogP contribution is -2.31. The van der Waals surface area contributed by atoms with E-state index in [9.17, 15) is 14.0 Å². The predicted octanol–water partition coefficient (Wildman–Crippen LogP) is 2.15. The van der Waals surface area contributed by atoms with Crippen molar-refractivity contribution in [3.8, 4) is 0 Å². The smallest absolute Gasteiger partial charge is 0.331 e. The van der Waals surface area contributed by atoms with Crippen molar-refractivity contribution in [1.29, 1.82) is 0 Å². The Balaban J connectivity index is 2.33. The van der Waals surface area contributed by atoms with Crippen molar-refractivity contribution >= 4 is 18.0 Å². The average Bonchev–Trinajstić information content (AvgIpc) is 2.42. The molecule has 20 heavy (non-hydrogen) atoms. The molecule has 0 heterocycles. The van der Waals surface area contributed by atoms with E-state index < -0.39 is 5.97 Å². The van der Waals surface area contributed by atoms with Crippen molar-refractivity contribution in [3.05, 3.63) is 41.7 Å². The van der Waals surface area contributed by atoms with E-state index in [1.807, 2.05) is 13.8 Å². The van der Waals surface area contributed by atoms with E-state index in [0.29, 0.717) is 18.0 Å². The van der Waals surface area contributed by atoms with Crippen LogP contribution in [-0.2, 0) is 14.3 Å². The van der Waals surface area contributed by atoms with Gasteiger partial charge in [0.25, 0.3) is 5.91 Å². The molecule has 0 aliphatic heterocycles. The fourth-order valence-electron chi connectivity index (χ4n) is 1.29. The molecule has 1 aromatic carbocycles. The highest BCUT2D eigenvalue weighted by atomic mass is 19.1. The van der Waals surface area contributed by atoms with Crippen LogP contribution < -0.4 is 5.32 Å². The number of hydrogen-bond donors (Lipinski definition) is 1. The van der Waals surface area contributed by atoms with Gasteiger partial charge < -0.3 is 10.1 Å². The van der Waals surface area contributed by atoms with Crippen molar-refractivity contribution in [3.63, 3.8) is 0 Å². The van der Waals surface area contributed by atoms with Gasteiger partial charge in [-0.25, -0.2) is 9.18 Å². The monoisotopic (exact) mass is 279 g/mol. The molecule has 0 bridgehead atoms. The number of rotatable bonds is 6. The molecular weight excluding hydrogens is 261 g/mol. The topological polar surface area (TPSA) is 55.4 Å². The molecule has 4 nitrogen and oxygen atoms in total. The van der Waals surface area contributed by atoms with E-state index >= 15 is 0 Å². The minimum absolute atomic E-state index is 0.306. The molecule has 0 unspecified atom stereocenters. The maximum Gasteiger partial charge on any atom is 0.331 e. The second-order valence-corrected chi connectivity index (χ2v) is 4.69. The SMILES string of the molecule is CC(C)CNC(=O)COC(=O)/C=C/c1ccc(F)cc1. The van der Waals surface area contributed by atoms with Crippen LogP contribution in [0.15, 0.2) is 30.3 Å². The fraction of sp³-hybridized carbons (Fsp3) is 0.333. The summed E-state index contributed by atoms with van der Waals surface area (Å²) in [5, 5.41) is 2.64. The first kappa shape index (κ1) is 15.9. The third-order valence-corrected chi connectivity index (χ3v) is 2.33. The molecule has 0 aromatic heterocycles. The Bertz CT molecular complexity index is 480. The quantitative estimate of drug-likeness (QED) is 0.641. The summed E-state index contributed by atoms with van der Waals surface area (Å²) in [5.74, 6) is -0.948. The summed E-state index contributed by atoms with van der Waals surface area (Å²) in [6.45, 7) is 4.18. The summed E-state index contributed by atoms with van der Waals surface area (Å²) in [5.41, 5.74) is 0.674. The minimum Gasteiger partial charge on any atom is -0.452 e. The molecule has 5 heteroatoms. The average molecular weight is 279 g/mol. The molecule has 1 amide bonds. The van der Waals surface area contributed by atoms with E-state index in [1.54, 1.807) is 0 Å². The molecule has 1 aromatic rings. The highest BCUT2D eigenvalue weighted by Crippen LogP contribution is 2.04. The number of halogens is 1. The van der Waals surface area contributed by atoms with Crippen LogP contribution >= 0.6 is 0 Å². The second kappa shape index (κ2) is 8.09. The van der Waals surface area contributed by atoms with Crippen molar-refractivity contribution in [2.45, 2.75) is 13.8 Å². The maximum atomic E-state index is 12.7. The number of carbonyl (C=O) groups is 2. The lowest BCUT2D eigenvalue weighted by Gasteiger charge is -2.07. The lowest BCUT2D eigenvalue weighted by molar-refractivity contribution is -0.143. The number of amides is 1. The van der Waals surface area contributed by atoms with Gasteiger partial charge in [0.15, 0.2) is 6.61 Å². The van der Waals surface area contributed by atoms with Crippen LogP contribution in [0.5, 0.6) is 0 Å². The summed E-state index contributed by atoms with van der Waals surface area (Å²) in [4.78, 5) is 22.7. The van der Waals surface area contributed by atoms with Gasteiger partial charge in [0.2, 0.25) is 0 Å². The summed E-state index contributed by atoms with van der Waals surface area (Å²) < 4.78 is 17.4. The standard InChI is InChI=1S/C15H18FNO3/c1-11(2)9-17-14(18)10-20-15(19)8-5-12-3-6-13(16)7-4-12/h3-8,11H,9-10H2,1-2H3,(H,17,18)/b8-5+. The first-order valence-corrected chi connectivity index (χ1v) is 6.34. The van der Waals surface area contributed by atoms with Crippen molar-refractivity contribution < 1.29 is 18.7 Å². The number of esters is 1. The van der Waals surface area contributed by atoms with Gasteiger partial charge in [-0.3, -0.25) is 4.79 Å². The van der Waals surface area contributed by atoms with Crippen molar-refractivity contribution in [1.82, 2.24) is 5.32 Å². The Hall–Kier alpha value is -2.17. The predicted molar refractivity (Wildman–Crippen MR) is 74.2 cm³/mol. The summed E-state index contributed by atoms with van der Waals surface area (Å²) in [7, 11) is 0. The van der Waals surface area contributed by atoms with Crippen LogP contribution in [0.4, 0.5) is 4.39 Å². The zero-order chi connectivity index (χ0) is 15.0. The fourth-order valence-corrected chi connectivity index (χ4v) is 1.29. The molecule has 0 atom stereocenters. The van der Waals surface area contributed by atoms with Gasteiger partial charge in [0.1, 0.15) is 5.82 Å². The number of hydrogen-bond acceptors (Lipinski definition) is 3. The van der Waals surface area contributed by atoms with Crippen molar-refractivity contribution in [2.24, 2.45) is 5.92 Å². The van der Waals surface area contributed by atoms with Crippen LogP contribution in [0.2, 0.25) is 0 Å². The highest BCUT2D eigenvalue weighted by molar-refractivity contribution is 5.89. The molecule has 0 fully saturated rings. The Kier molecular flexibility index (Phi) is 6.43. The molecule has 0 radical (unpaired) electrons. The highest BCUT2D eigenvalue weighted by Gasteiger charge is 2.05. The number of nitrogens with one attached hydrogen (secondary N) is 1. The zero-order valence-electron chi connectivity index (χ0n) is 11.6. The molecule has 1 N–H and O–H groups in total. The van der Waals surface area contributed by atoms with Gasteiger partial charge in [-0.15, -0.1) is 0 Å². The largest absolute Gasteiger partial charge is 0.452 e. The molecular formula is C15H18FNO3. The summed E-state index contributed by atoms with van der Waals surface area (Å²) in [6, 6.07) is 5.66. The van der Waals surface area contributed by atoms with Gasteiger partial charge in [-0.1, -0.05) is 26.0 Å². The van der Waals surface area contributed by atoms with E-state index in [-0.39, 0.29) is 18.3 Å². The number of carbonyl (C=O) groups excluding carboxylic acids is 2. The molecule has 0 spiro atoms. The Labute approximate surface area is 117 Å². The zero-order valence-corrected chi connectivity index (χ0v) is 11.6. The Morgan fingerprint density at radius 1 is 1.30 bits per heavy atom. The Morgan fingerprint density at radius 3 is 2.55 bits per heavy atom. The maximum absolute atomic E-state index is 12.7. The van der Waals surface area contributed by atoms with E-state index in [1.165, 1.54) is 36.4 Å². The van der Waals surface area contributed by atoms with Crippen LogP contribution in [0.1, 0.15) is 19.4 Å². The minimum atomic E-state index is -0.617. The number of benzene rings is 1. The van der Waals surface area contributed by atoms with Gasteiger partial charge in [0.05, 0.1) is 0 Å². The van der Waals surface area contributed by atoms with Crippen LogP contribution in [0, 0.1) is 11.7 Å². The van der Waals surface area contributed by atoms with E-state index in [4.69, 9.17) is 4.74 Å². The van der Waals surface area contributed by atoms with E-state index in [2.05, 4.69) is 5.32 Å². The Morgan fingerprint density at radius 2 is 1.95 bits per heavy atom. The lowest BCUT2D eigenvalue weighted by atomic mass is 10.2. The molecule has 0 saturated heterocycles. The third-order valence-electron chi connectivity index (χ3n) is 2.33. The normalized spacial score (nSPS) is 10.8. The van der Waals surface area contributed by atoms with E-state index in [0.717, 1.165) is 0 Å². The molecule has 0 saturated carbocycles. The summed E-state index contributed by atoms with van der Waals surface area (Å²) in [6.07, 6.45) is 2.69. The summed E-state index contributed by atoms with van der Waals surface area (Å²) >= 11 is 0. The third kappa shape index (κ3) is 6.68. The first-order valence-electron chi connectivity index (χ1n) is 6.34. The van der Waals surface area contributed by atoms with Crippen LogP contribution in [0.3, 0.4) is 0 Å².